The summed E-state index contributed by atoms with van der Waals surface area (Å²) in [6.07, 6.45) is 2.04. The third kappa shape index (κ3) is 4.78. The summed E-state index contributed by atoms with van der Waals surface area (Å²) in [7, 11) is -2.87. The van der Waals surface area contributed by atoms with Crippen molar-refractivity contribution in [1.29, 1.82) is 0 Å². The van der Waals surface area contributed by atoms with E-state index in [9.17, 15) is 8.42 Å². The molecule has 0 aliphatic heterocycles. The van der Waals surface area contributed by atoms with Crippen molar-refractivity contribution in [2.24, 2.45) is 0 Å². The lowest BCUT2D eigenvalue weighted by Gasteiger charge is -2.05. The third-order valence-corrected chi connectivity index (χ3v) is 4.47. The molecule has 0 aromatic carbocycles. The van der Waals surface area contributed by atoms with E-state index in [1.807, 2.05) is 17.5 Å². The lowest BCUT2D eigenvalue weighted by Crippen LogP contribution is -2.16. The Labute approximate surface area is 91.0 Å². The summed E-state index contributed by atoms with van der Waals surface area (Å²) in [4.78, 5) is 1.24. The molecular weight excluding hydrogens is 272 g/mol. The fraction of sp³-hybridized carbons (Fsp3) is 0.500. The Morgan fingerprint density at radius 3 is 2.77 bits per heavy atom. The number of sulfone groups is 1. The maximum absolute atomic E-state index is 10.9. The number of thiophene rings is 1. The molecule has 1 aromatic heterocycles. The van der Waals surface area contributed by atoms with Crippen LogP contribution in [0.5, 0.6) is 0 Å². The van der Waals surface area contributed by atoms with Crippen molar-refractivity contribution < 1.29 is 8.42 Å². The largest absolute Gasteiger partial charge is 0.229 e. The highest BCUT2D eigenvalue weighted by Crippen LogP contribution is 2.16. The Hall–Kier alpha value is 0.130. The maximum Gasteiger partial charge on any atom is 0.148 e. The summed E-state index contributed by atoms with van der Waals surface area (Å²) in [6.45, 7) is 0. The molecular formula is C8H11BrO2S2. The van der Waals surface area contributed by atoms with E-state index < -0.39 is 9.84 Å². The first kappa shape index (κ1) is 11.2. The van der Waals surface area contributed by atoms with Gasteiger partial charge in [0.2, 0.25) is 0 Å². The average Bonchev–Trinajstić information content (AvgIpc) is 2.34. The van der Waals surface area contributed by atoms with Crippen molar-refractivity contribution in [3.05, 3.63) is 22.4 Å². The van der Waals surface area contributed by atoms with Crippen LogP contribution >= 0.6 is 27.3 Å². The van der Waals surface area contributed by atoms with Gasteiger partial charge >= 0.3 is 0 Å². The van der Waals surface area contributed by atoms with Gasteiger partial charge in [0, 0.05) is 16.0 Å². The van der Waals surface area contributed by atoms with Crippen molar-refractivity contribution in [3.63, 3.8) is 0 Å². The molecule has 74 valence electrons. The Balaban J connectivity index is 2.47. The molecule has 0 fully saturated rings. The second-order valence-electron chi connectivity index (χ2n) is 2.97. The zero-order valence-electron chi connectivity index (χ0n) is 7.23. The first-order valence-corrected chi connectivity index (χ1v) is 7.67. The van der Waals surface area contributed by atoms with Gasteiger partial charge in [0.05, 0.1) is 5.75 Å². The molecule has 0 N–H and O–H groups in total. The summed E-state index contributed by atoms with van der Waals surface area (Å²) in [5, 5.41) is 2.00. The summed E-state index contributed by atoms with van der Waals surface area (Å²) >= 11 is 5.01. The van der Waals surface area contributed by atoms with Crippen LogP contribution in [0, 0.1) is 0 Å². The minimum absolute atomic E-state index is 0.0288. The summed E-state index contributed by atoms with van der Waals surface area (Å²) in [5.74, 6) is 0.199. The van der Waals surface area contributed by atoms with Gasteiger partial charge in [-0.05, 0) is 17.9 Å². The molecule has 1 heterocycles. The predicted molar refractivity (Wildman–Crippen MR) is 60.4 cm³/mol. The molecule has 13 heavy (non-hydrogen) atoms. The topological polar surface area (TPSA) is 34.1 Å². The lowest BCUT2D eigenvalue weighted by atomic mass is 10.3. The van der Waals surface area contributed by atoms with Crippen LogP contribution in [0.1, 0.15) is 4.88 Å². The second-order valence-corrected chi connectivity index (χ2v) is 7.49. The second kappa shape index (κ2) is 4.57. The van der Waals surface area contributed by atoms with Gasteiger partial charge in [-0.1, -0.05) is 22.0 Å². The minimum Gasteiger partial charge on any atom is -0.229 e. The van der Waals surface area contributed by atoms with E-state index in [0.29, 0.717) is 0 Å². The minimum atomic E-state index is -2.87. The molecule has 0 spiro atoms. The Kier molecular flexibility index (Phi) is 3.94. The van der Waals surface area contributed by atoms with E-state index in [4.69, 9.17) is 0 Å². The van der Waals surface area contributed by atoms with Crippen LogP contribution in [0.25, 0.3) is 0 Å². The molecule has 0 radical (unpaired) electrons. The van der Waals surface area contributed by atoms with Crippen molar-refractivity contribution >= 4 is 37.1 Å². The van der Waals surface area contributed by atoms with Crippen LogP contribution in [0.4, 0.5) is 0 Å². The van der Waals surface area contributed by atoms with Gasteiger partial charge < -0.3 is 0 Å². The zero-order valence-corrected chi connectivity index (χ0v) is 10.5. The van der Waals surface area contributed by atoms with Crippen LogP contribution < -0.4 is 0 Å². The number of hydrogen-bond acceptors (Lipinski definition) is 3. The molecule has 0 saturated carbocycles. The van der Waals surface area contributed by atoms with E-state index in [-0.39, 0.29) is 10.6 Å². The molecule has 5 heteroatoms. The van der Waals surface area contributed by atoms with Crippen LogP contribution in [0.3, 0.4) is 0 Å². The monoisotopic (exact) mass is 282 g/mol. The summed E-state index contributed by atoms with van der Waals surface area (Å²) in [5.41, 5.74) is 0. The summed E-state index contributed by atoms with van der Waals surface area (Å²) < 4.78 is 21.9. The Morgan fingerprint density at radius 1 is 1.62 bits per heavy atom. The number of rotatable bonds is 4. The standard InChI is InChI=1S/C8H11BrO2S2/c1-13(10,11)6-7(9)5-8-3-2-4-12-8/h2-4,7H,5-6H2,1H3. The van der Waals surface area contributed by atoms with Crippen molar-refractivity contribution in [3.8, 4) is 0 Å². The van der Waals surface area contributed by atoms with Crippen LogP contribution in [-0.2, 0) is 16.3 Å². The van der Waals surface area contributed by atoms with E-state index in [1.165, 1.54) is 11.1 Å². The average molecular weight is 283 g/mol. The van der Waals surface area contributed by atoms with Crippen molar-refractivity contribution in [1.82, 2.24) is 0 Å². The van der Waals surface area contributed by atoms with E-state index in [2.05, 4.69) is 15.9 Å². The SMILES string of the molecule is CS(=O)(=O)CC(Br)Cc1cccs1. The molecule has 1 rings (SSSR count). The Morgan fingerprint density at radius 2 is 2.31 bits per heavy atom. The van der Waals surface area contributed by atoms with Gasteiger partial charge in [-0.25, -0.2) is 8.42 Å². The van der Waals surface area contributed by atoms with Crippen LogP contribution in [0.15, 0.2) is 17.5 Å². The van der Waals surface area contributed by atoms with E-state index in [1.54, 1.807) is 11.3 Å². The van der Waals surface area contributed by atoms with Crippen LogP contribution in [-0.4, -0.2) is 25.3 Å². The van der Waals surface area contributed by atoms with Gasteiger partial charge in [0.1, 0.15) is 9.84 Å². The highest BCUT2D eigenvalue weighted by atomic mass is 79.9. The van der Waals surface area contributed by atoms with Gasteiger partial charge in [-0.15, -0.1) is 11.3 Å². The molecule has 0 amide bonds. The molecule has 0 bridgehead atoms. The lowest BCUT2D eigenvalue weighted by molar-refractivity contribution is 0.600. The number of hydrogen-bond donors (Lipinski definition) is 0. The van der Waals surface area contributed by atoms with Gasteiger partial charge in [-0.3, -0.25) is 0 Å². The normalized spacial score (nSPS) is 14.3. The molecule has 0 aliphatic carbocycles. The Bertz CT molecular complexity index is 342. The fourth-order valence-electron chi connectivity index (χ4n) is 1.03. The quantitative estimate of drug-likeness (QED) is 0.793. The molecule has 0 aliphatic rings. The van der Waals surface area contributed by atoms with Crippen LogP contribution in [0.2, 0.25) is 0 Å². The van der Waals surface area contributed by atoms with Gasteiger partial charge in [0.15, 0.2) is 0 Å². The van der Waals surface area contributed by atoms with Gasteiger partial charge in [0.25, 0.3) is 0 Å². The van der Waals surface area contributed by atoms with Gasteiger partial charge in [-0.2, -0.15) is 0 Å². The number of halogens is 1. The highest BCUT2D eigenvalue weighted by molar-refractivity contribution is 9.09. The fourth-order valence-corrected chi connectivity index (χ4v) is 4.60. The first-order valence-electron chi connectivity index (χ1n) is 3.81. The summed E-state index contributed by atoms with van der Waals surface area (Å²) in [6, 6.07) is 3.99. The molecule has 1 unspecified atom stereocenters. The van der Waals surface area contributed by atoms with E-state index >= 15 is 0 Å². The molecule has 1 aromatic rings. The third-order valence-electron chi connectivity index (χ3n) is 1.49. The smallest absolute Gasteiger partial charge is 0.148 e. The number of alkyl halides is 1. The zero-order chi connectivity index (χ0) is 9.90. The molecule has 1 atom stereocenters. The van der Waals surface area contributed by atoms with E-state index in [0.717, 1.165) is 6.42 Å². The van der Waals surface area contributed by atoms with Crippen molar-refractivity contribution in [2.45, 2.75) is 11.2 Å². The van der Waals surface area contributed by atoms with Crippen molar-refractivity contribution in [2.75, 3.05) is 12.0 Å². The first-order chi connectivity index (χ1) is 5.97. The molecule has 2 nitrogen and oxygen atoms in total. The highest BCUT2D eigenvalue weighted by Gasteiger charge is 2.12. The maximum atomic E-state index is 10.9. The predicted octanol–water partition coefficient (Wildman–Crippen LogP) is 2.10. The molecule has 0 saturated heterocycles.